The van der Waals surface area contributed by atoms with Crippen molar-refractivity contribution in [1.29, 1.82) is 0 Å². The van der Waals surface area contributed by atoms with Crippen molar-refractivity contribution in [2.45, 2.75) is 25.6 Å². The van der Waals surface area contributed by atoms with Gasteiger partial charge in [-0.15, -0.1) is 0 Å². The Balaban J connectivity index is 1.56. The number of alkyl halides is 3. The van der Waals surface area contributed by atoms with E-state index in [1.54, 1.807) is 0 Å². The lowest BCUT2D eigenvalue weighted by Crippen LogP contribution is -2.44. The fourth-order valence-corrected chi connectivity index (χ4v) is 5.00. The van der Waals surface area contributed by atoms with Crippen molar-refractivity contribution < 1.29 is 31.9 Å². The second-order valence-corrected chi connectivity index (χ2v) is 10.1. The molecule has 39 heavy (non-hydrogen) atoms. The predicted molar refractivity (Wildman–Crippen MR) is 138 cm³/mol. The lowest BCUT2D eigenvalue weighted by Gasteiger charge is -2.29. The van der Waals surface area contributed by atoms with Crippen LogP contribution in [0.4, 0.5) is 29.1 Å². The Kier molecular flexibility index (Phi) is 8.97. The van der Waals surface area contributed by atoms with E-state index in [4.69, 9.17) is 16.3 Å². The molecular weight excluding hydrogens is 542 g/mol. The van der Waals surface area contributed by atoms with E-state index in [-0.39, 0.29) is 35.4 Å². The van der Waals surface area contributed by atoms with Crippen molar-refractivity contribution in [3.63, 3.8) is 0 Å². The predicted octanol–water partition coefficient (Wildman–Crippen LogP) is 3.51. The van der Waals surface area contributed by atoms with Crippen molar-refractivity contribution in [1.82, 2.24) is 15.2 Å². The van der Waals surface area contributed by atoms with Gasteiger partial charge in [0.05, 0.1) is 29.7 Å². The SMILES string of the molecule is Cc1cc(C(F)(F)F)cc(N2C[C@@H](C(=O)NCCN3CCOCC3)C[C@H]2C(=O)N(C)c2ccc(F)c(Cl)c2)n1. The van der Waals surface area contributed by atoms with Crippen LogP contribution < -0.4 is 15.1 Å². The quantitative estimate of drug-likeness (QED) is 0.513. The highest BCUT2D eigenvalue weighted by molar-refractivity contribution is 6.31. The molecule has 212 valence electrons. The van der Waals surface area contributed by atoms with Gasteiger partial charge in [0.25, 0.3) is 0 Å². The van der Waals surface area contributed by atoms with Gasteiger partial charge in [0.2, 0.25) is 11.8 Å². The Labute approximate surface area is 228 Å². The van der Waals surface area contributed by atoms with E-state index in [1.165, 1.54) is 35.9 Å². The highest BCUT2D eigenvalue weighted by Crippen LogP contribution is 2.35. The number of aromatic nitrogens is 1. The molecule has 0 bridgehead atoms. The molecule has 1 aromatic heterocycles. The zero-order chi connectivity index (χ0) is 28.3. The van der Waals surface area contributed by atoms with Crippen molar-refractivity contribution >= 4 is 34.9 Å². The molecule has 2 saturated heterocycles. The summed E-state index contributed by atoms with van der Waals surface area (Å²) in [4.78, 5) is 35.8. The van der Waals surface area contributed by atoms with Crippen LogP contribution in [0.25, 0.3) is 0 Å². The third-order valence-electron chi connectivity index (χ3n) is 6.97. The maximum absolute atomic E-state index is 13.7. The number of aryl methyl sites for hydroxylation is 1. The largest absolute Gasteiger partial charge is 0.416 e. The minimum absolute atomic E-state index is 0.00551. The molecule has 2 fully saturated rings. The Bertz CT molecular complexity index is 1210. The number of rotatable bonds is 7. The minimum atomic E-state index is -4.61. The number of amides is 2. The fourth-order valence-electron chi connectivity index (χ4n) is 4.83. The Morgan fingerprint density at radius 3 is 2.59 bits per heavy atom. The Morgan fingerprint density at radius 1 is 1.21 bits per heavy atom. The minimum Gasteiger partial charge on any atom is -0.379 e. The monoisotopic (exact) mass is 571 g/mol. The summed E-state index contributed by atoms with van der Waals surface area (Å²) in [5.41, 5.74) is -0.464. The van der Waals surface area contributed by atoms with Crippen LogP contribution >= 0.6 is 11.6 Å². The number of nitrogens with one attached hydrogen (secondary N) is 1. The number of hydrogen-bond donors (Lipinski definition) is 1. The number of morpholine rings is 1. The number of hydrogen-bond acceptors (Lipinski definition) is 6. The van der Waals surface area contributed by atoms with Gasteiger partial charge in [-0.05, 0) is 43.7 Å². The first-order valence-corrected chi connectivity index (χ1v) is 12.9. The molecule has 2 aliphatic heterocycles. The summed E-state index contributed by atoms with van der Waals surface area (Å²) in [6.45, 7) is 5.27. The van der Waals surface area contributed by atoms with Gasteiger partial charge < -0.3 is 19.9 Å². The molecule has 8 nitrogen and oxygen atoms in total. The lowest BCUT2D eigenvalue weighted by atomic mass is 10.0. The third kappa shape index (κ3) is 6.98. The molecule has 0 radical (unpaired) electrons. The van der Waals surface area contributed by atoms with Crippen LogP contribution in [0.1, 0.15) is 17.7 Å². The van der Waals surface area contributed by atoms with E-state index in [0.717, 1.165) is 31.3 Å². The summed E-state index contributed by atoms with van der Waals surface area (Å²) < 4.78 is 59.7. The van der Waals surface area contributed by atoms with E-state index in [0.29, 0.717) is 32.0 Å². The van der Waals surface area contributed by atoms with E-state index in [9.17, 15) is 27.2 Å². The van der Waals surface area contributed by atoms with Gasteiger partial charge in [-0.1, -0.05) is 11.6 Å². The Morgan fingerprint density at radius 2 is 1.92 bits per heavy atom. The molecule has 2 amide bonds. The zero-order valence-corrected chi connectivity index (χ0v) is 22.4. The highest BCUT2D eigenvalue weighted by atomic mass is 35.5. The molecule has 0 saturated carbocycles. The summed E-state index contributed by atoms with van der Waals surface area (Å²) >= 11 is 5.89. The summed E-state index contributed by atoms with van der Waals surface area (Å²) in [7, 11) is 1.46. The van der Waals surface area contributed by atoms with E-state index < -0.39 is 35.4 Å². The number of nitrogens with zero attached hydrogens (tertiary/aromatic N) is 4. The molecule has 3 heterocycles. The Hall–Kier alpha value is -2.96. The van der Waals surface area contributed by atoms with Crippen molar-refractivity contribution in [3.8, 4) is 0 Å². The van der Waals surface area contributed by atoms with Crippen LogP contribution in [0.5, 0.6) is 0 Å². The smallest absolute Gasteiger partial charge is 0.379 e. The molecule has 0 aliphatic carbocycles. The maximum Gasteiger partial charge on any atom is 0.416 e. The first kappa shape index (κ1) is 29.0. The summed E-state index contributed by atoms with van der Waals surface area (Å²) in [6, 6.07) is 4.62. The highest BCUT2D eigenvalue weighted by Gasteiger charge is 2.43. The molecule has 2 aliphatic rings. The number of halogens is 5. The first-order valence-electron chi connectivity index (χ1n) is 12.6. The third-order valence-corrected chi connectivity index (χ3v) is 7.26. The van der Waals surface area contributed by atoms with Crippen LogP contribution in [0.3, 0.4) is 0 Å². The molecule has 0 spiro atoms. The molecular formula is C26H30ClF4N5O3. The van der Waals surface area contributed by atoms with Gasteiger partial charge in [-0.3, -0.25) is 14.5 Å². The number of carbonyl (C=O) groups excluding carboxylic acids is 2. The average molecular weight is 572 g/mol. The van der Waals surface area contributed by atoms with Crippen LogP contribution in [0.2, 0.25) is 5.02 Å². The van der Waals surface area contributed by atoms with Crippen molar-refractivity contribution in [2.75, 3.05) is 62.8 Å². The molecule has 4 rings (SSSR count). The molecule has 13 heteroatoms. The maximum atomic E-state index is 13.7. The normalized spacial score (nSPS) is 20.2. The molecule has 2 aromatic rings. The number of benzene rings is 1. The van der Waals surface area contributed by atoms with Gasteiger partial charge in [0.15, 0.2) is 0 Å². The summed E-state index contributed by atoms with van der Waals surface area (Å²) in [5.74, 6) is -2.14. The second-order valence-electron chi connectivity index (χ2n) is 9.69. The first-order chi connectivity index (χ1) is 18.4. The van der Waals surface area contributed by atoms with Crippen LogP contribution in [0, 0.1) is 18.7 Å². The van der Waals surface area contributed by atoms with Gasteiger partial charge in [0.1, 0.15) is 17.7 Å². The number of ether oxygens (including phenoxy) is 1. The van der Waals surface area contributed by atoms with E-state index in [2.05, 4.69) is 15.2 Å². The summed E-state index contributed by atoms with van der Waals surface area (Å²) in [6.07, 6.45) is -4.54. The van der Waals surface area contributed by atoms with Crippen LogP contribution in [-0.4, -0.2) is 80.7 Å². The second kappa shape index (κ2) is 12.1. The number of anilines is 2. The number of likely N-dealkylation sites (N-methyl/N-ethyl adjacent to an activating group) is 1. The van der Waals surface area contributed by atoms with Gasteiger partial charge in [-0.25, -0.2) is 9.37 Å². The fraction of sp³-hybridized carbons (Fsp3) is 0.500. The number of pyridine rings is 1. The van der Waals surface area contributed by atoms with Gasteiger partial charge >= 0.3 is 6.18 Å². The lowest BCUT2D eigenvalue weighted by molar-refractivity contribution is -0.137. The van der Waals surface area contributed by atoms with Gasteiger partial charge in [-0.2, -0.15) is 13.2 Å². The topological polar surface area (TPSA) is 78.0 Å². The van der Waals surface area contributed by atoms with Gasteiger partial charge in [0, 0.05) is 51.2 Å². The molecule has 1 aromatic carbocycles. The summed E-state index contributed by atoms with van der Waals surface area (Å²) in [5, 5.41) is 2.71. The molecule has 0 unspecified atom stereocenters. The average Bonchev–Trinajstić information content (AvgIpc) is 3.35. The van der Waals surface area contributed by atoms with Crippen LogP contribution in [0.15, 0.2) is 30.3 Å². The zero-order valence-electron chi connectivity index (χ0n) is 21.6. The number of carbonyl (C=O) groups is 2. The molecule has 1 N–H and O–H groups in total. The van der Waals surface area contributed by atoms with Crippen LogP contribution in [-0.2, 0) is 20.5 Å². The standard InChI is InChI=1S/C26H30ClF4N5O3/c1-16-11-18(26(29,30)31)13-23(33-16)36-15-17(24(37)32-5-6-35-7-9-39-10-8-35)12-22(36)25(38)34(2)19-3-4-21(28)20(27)14-19/h3-4,11,13-14,17,22H,5-10,12,15H2,1-2H3,(H,32,37)/t17-,22-/m0/s1. The van der Waals surface area contributed by atoms with Crippen molar-refractivity contribution in [3.05, 3.63) is 52.4 Å². The van der Waals surface area contributed by atoms with E-state index >= 15 is 0 Å². The van der Waals surface area contributed by atoms with Crippen molar-refractivity contribution in [2.24, 2.45) is 5.92 Å². The van der Waals surface area contributed by atoms with E-state index in [1.807, 2.05) is 0 Å². The molecule has 2 atom stereocenters.